The summed E-state index contributed by atoms with van der Waals surface area (Å²) in [5.74, 6) is -0.315. The maximum Gasteiger partial charge on any atom is 0.255 e. The number of halogens is 2. The quantitative estimate of drug-likeness (QED) is 0.491. The van der Waals surface area contributed by atoms with E-state index in [1.807, 2.05) is 59.5 Å². The number of hydrogen-bond acceptors (Lipinski definition) is 3. The van der Waals surface area contributed by atoms with Gasteiger partial charge in [-0.05, 0) is 54.8 Å². The number of para-hydroxylation sites is 1. The molecule has 1 heterocycles. The van der Waals surface area contributed by atoms with E-state index in [-0.39, 0.29) is 24.4 Å². The number of benzene rings is 3. The molecular weight excluding hydrogens is 457 g/mol. The molecule has 0 saturated heterocycles. The minimum absolute atomic E-state index is 0.0383. The molecule has 1 aliphatic carbocycles. The minimum Gasteiger partial charge on any atom is -0.352 e. The summed E-state index contributed by atoms with van der Waals surface area (Å²) in [4.78, 5) is 28.8. The van der Waals surface area contributed by atoms with Gasteiger partial charge in [0.15, 0.2) is 5.54 Å². The zero-order valence-corrected chi connectivity index (χ0v) is 19.4. The summed E-state index contributed by atoms with van der Waals surface area (Å²) < 4.78 is 0. The van der Waals surface area contributed by atoms with Crippen molar-refractivity contribution in [2.24, 2.45) is 0 Å². The molecule has 0 spiro atoms. The fraction of sp³-hybridized carbons (Fsp3) is 0.231. The molecule has 1 fully saturated rings. The zero-order chi connectivity index (χ0) is 23.0. The second-order valence-electron chi connectivity index (χ2n) is 8.57. The molecule has 33 heavy (non-hydrogen) atoms. The highest BCUT2D eigenvalue weighted by Crippen LogP contribution is 2.46. The number of hydrogen-bond donors (Lipinski definition) is 2. The van der Waals surface area contributed by atoms with E-state index >= 15 is 0 Å². The van der Waals surface area contributed by atoms with E-state index in [9.17, 15) is 9.59 Å². The van der Waals surface area contributed by atoms with E-state index in [1.54, 1.807) is 18.2 Å². The molecule has 7 heteroatoms. The van der Waals surface area contributed by atoms with Gasteiger partial charge in [0.25, 0.3) is 5.91 Å². The summed E-state index contributed by atoms with van der Waals surface area (Å²) in [6, 6.07) is 22.7. The van der Waals surface area contributed by atoms with Gasteiger partial charge in [-0.25, -0.2) is 0 Å². The third-order valence-electron chi connectivity index (χ3n) is 6.17. The lowest BCUT2D eigenvalue weighted by Crippen LogP contribution is -2.56. The second kappa shape index (κ2) is 8.73. The average Bonchev–Trinajstić information content (AvgIpc) is 3.56. The van der Waals surface area contributed by atoms with Crippen molar-refractivity contribution in [1.82, 2.24) is 5.32 Å². The number of amides is 2. The Morgan fingerprint density at radius 3 is 2.48 bits per heavy atom. The van der Waals surface area contributed by atoms with Crippen molar-refractivity contribution in [3.8, 4) is 0 Å². The first-order valence-corrected chi connectivity index (χ1v) is 11.7. The molecule has 3 aromatic carbocycles. The Morgan fingerprint density at radius 2 is 1.76 bits per heavy atom. The summed E-state index contributed by atoms with van der Waals surface area (Å²) >= 11 is 12.5. The number of nitrogens with one attached hydrogen (secondary N) is 2. The number of rotatable bonds is 7. The standard InChI is InChI=1S/C26H23Cl2N3O2/c27-18-6-4-5-17(13-18)15-26(22-12-9-19(28)14-23(22)30-25(26)33)31(21-7-2-1-3-8-21)16-24(32)29-20-10-11-20/h1-9,12-14,20H,10-11,15-16H2,(H,29,32)(H,30,33). The van der Waals surface area contributed by atoms with Crippen LogP contribution < -0.4 is 15.5 Å². The molecule has 168 valence electrons. The fourth-order valence-electron chi connectivity index (χ4n) is 4.51. The Morgan fingerprint density at radius 1 is 1.00 bits per heavy atom. The summed E-state index contributed by atoms with van der Waals surface area (Å²) in [6.07, 6.45) is 2.32. The minimum atomic E-state index is -1.16. The smallest absolute Gasteiger partial charge is 0.255 e. The monoisotopic (exact) mass is 479 g/mol. The molecular formula is C26H23Cl2N3O2. The zero-order valence-electron chi connectivity index (χ0n) is 17.9. The maximum atomic E-state index is 13.8. The van der Waals surface area contributed by atoms with Gasteiger partial charge in [0.2, 0.25) is 5.91 Å². The van der Waals surface area contributed by atoms with E-state index in [0.717, 1.165) is 29.7 Å². The number of carbonyl (C=O) groups excluding carboxylic acids is 2. The predicted molar refractivity (Wildman–Crippen MR) is 132 cm³/mol. The molecule has 0 radical (unpaired) electrons. The summed E-state index contributed by atoms with van der Waals surface area (Å²) in [5.41, 5.74) is 1.94. The normalized spacial score (nSPS) is 19.0. The molecule has 1 saturated carbocycles. The fourth-order valence-corrected chi connectivity index (χ4v) is 4.89. The average molecular weight is 480 g/mol. The lowest BCUT2D eigenvalue weighted by molar-refractivity contribution is -0.122. The van der Waals surface area contributed by atoms with Gasteiger partial charge in [-0.2, -0.15) is 0 Å². The van der Waals surface area contributed by atoms with Crippen molar-refractivity contribution in [2.75, 3.05) is 16.8 Å². The molecule has 2 N–H and O–H groups in total. The number of nitrogens with zero attached hydrogens (tertiary/aromatic N) is 1. The molecule has 1 atom stereocenters. The first kappa shape index (κ1) is 21.8. The Bertz CT molecular complexity index is 1210. The Hall–Kier alpha value is -3.02. The largest absolute Gasteiger partial charge is 0.352 e. The van der Waals surface area contributed by atoms with Gasteiger partial charge in [0, 0.05) is 39.4 Å². The van der Waals surface area contributed by atoms with Crippen molar-refractivity contribution in [3.05, 3.63) is 94.0 Å². The van der Waals surface area contributed by atoms with Crippen LogP contribution in [0, 0.1) is 0 Å². The summed E-state index contributed by atoms with van der Waals surface area (Å²) in [6.45, 7) is 0.0383. The number of anilines is 2. The summed E-state index contributed by atoms with van der Waals surface area (Å²) in [5, 5.41) is 7.20. The van der Waals surface area contributed by atoms with E-state index in [1.165, 1.54) is 0 Å². The second-order valence-corrected chi connectivity index (χ2v) is 9.45. The van der Waals surface area contributed by atoms with Gasteiger partial charge < -0.3 is 15.5 Å². The van der Waals surface area contributed by atoms with E-state index in [4.69, 9.17) is 23.2 Å². The summed E-state index contributed by atoms with van der Waals surface area (Å²) in [7, 11) is 0. The van der Waals surface area contributed by atoms with Gasteiger partial charge in [-0.15, -0.1) is 0 Å². The van der Waals surface area contributed by atoms with Crippen LogP contribution in [0.1, 0.15) is 24.0 Å². The molecule has 3 aromatic rings. The highest BCUT2D eigenvalue weighted by atomic mass is 35.5. The lowest BCUT2D eigenvalue weighted by atomic mass is 9.82. The predicted octanol–water partition coefficient (Wildman–Crippen LogP) is 5.17. The number of carbonyl (C=O) groups is 2. The number of fused-ring (bicyclic) bond motifs is 1. The van der Waals surface area contributed by atoms with Gasteiger partial charge in [0.05, 0.1) is 6.54 Å². The van der Waals surface area contributed by atoms with E-state index in [0.29, 0.717) is 22.2 Å². The van der Waals surface area contributed by atoms with Crippen molar-refractivity contribution in [3.63, 3.8) is 0 Å². The Balaban J connectivity index is 1.67. The van der Waals surface area contributed by atoms with Crippen LogP contribution in [0.2, 0.25) is 10.0 Å². The van der Waals surface area contributed by atoms with Crippen LogP contribution in [0.25, 0.3) is 0 Å². The van der Waals surface area contributed by atoms with Gasteiger partial charge >= 0.3 is 0 Å². The molecule has 0 aromatic heterocycles. The molecule has 1 aliphatic heterocycles. The van der Waals surface area contributed by atoms with Crippen LogP contribution in [-0.2, 0) is 21.5 Å². The molecule has 5 nitrogen and oxygen atoms in total. The third-order valence-corrected chi connectivity index (χ3v) is 6.64. The van der Waals surface area contributed by atoms with Crippen molar-refractivity contribution < 1.29 is 9.59 Å². The first-order chi connectivity index (χ1) is 16.0. The highest BCUT2D eigenvalue weighted by Gasteiger charge is 2.52. The SMILES string of the molecule is O=C(CN(c1ccccc1)C1(Cc2cccc(Cl)c2)C(=O)Nc2cc(Cl)ccc21)NC1CC1. The van der Waals surface area contributed by atoms with E-state index < -0.39 is 5.54 Å². The Labute approximate surface area is 202 Å². The van der Waals surface area contributed by atoms with Gasteiger partial charge in [-0.1, -0.05) is 59.6 Å². The Kier molecular flexibility index (Phi) is 5.77. The first-order valence-electron chi connectivity index (χ1n) is 10.9. The highest BCUT2D eigenvalue weighted by molar-refractivity contribution is 6.31. The van der Waals surface area contributed by atoms with Crippen molar-refractivity contribution in [2.45, 2.75) is 30.8 Å². The lowest BCUT2D eigenvalue weighted by Gasteiger charge is -2.41. The topological polar surface area (TPSA) is 61.4 Å². The van der Waals surface area contributed by atoms with Crippen LogP contribution in [0.5, 0.6) is 0 Å². The van der Waals surface area contributed by atoms with Crippen molar-refractivity contribution in [1.29, 1.82) is 0 Å². The van der Waals surface area contributed by atoms with Crippen LogP contribution in [-0.4, -0.2) is 24.4 Å². The van der Waals surface area contributed by atoms with Gasteiger partial charge in [0.1, 0.15) is 0 Å². The maximum absolute atomic E-state index is 13.8. The third kappa shape index (κ3) is 4.31. The van der Waals surface area contributed by atoms with Crippen LogP contribution in [0.15, 0.2) is 72.8 Å². The van der Waals surface area contributed by atoms with Crippen molar-refractivity contribution >= 4 is 46.4 Å². The van der Waals surface area contributed by atoms with Crippen LogP contribution >= 0.6 is 23.2 Å². The van der Waals surface area contributed by atoms with Crippen LogP contribution in [0.3, 0.4) is 0 Å². The molecule has 2 aliphatic rings. The molecule has 0 bridgehead atoms. The van der Waals surface area contributed by atoms with E-state index in [2.05, 4.69) is 10.6 Å². The van der Waals surface area contributed by atoms with Gasteiger partial charge in [-0.3, -0.25) is 9.59 Å². The molecule has 1 unspecified atom stereocenters. The molecule has 5 rings (SSSR count). The van der Waals surface area contributed by atoms with Crippen LogP contribution in [0.4, 0.5) is 11.4 Å². The molecule has 2 amide bonds.